The van der Waals surface area contributed by atoms with Gasteiger partial charge >= 0.3 is 20.4 Å². The van der Waals surface area contributed by atoms with E-state index in [4.69, 9.17) is 0 Å². The molecule has 0 aliphatic carbocycles. The molecule has 0 fully saturated rings. The van der Waals surface area contributed by atoms with E-state index >= 15 is 0 Å². The second-order valence-electron chi connectivity index (χ2n) is 2.27. The first-order valence-electron chi connectivity index (χ1n) is 2.70. The normalized spacial score (nSPS) is 18.9. The molecule has 0 aromatic heterocycles. The molecule has 0 aliphatic heterocycles. The standard InChI is InChI=1S/C4H3F8P/c1-2(5,3(6,7)8)4(9,10)13(11)12/h1H3. The fourth-order valence-electron chi connectivity index (χ4n) is 0.329. The van der Waals surface area contributed by atoms with Crippen molar-refractivity contribution in [1.29, 1.82) is 0 Å². The van der Waals surface area contributed by atoms with Crippen molar-refractivity contribution in [2.45, 2.75) is 24.4 Å². The van der Waals surface area contributed by atoms with Gasteiger partial charge < -0.3 is 0 Å². The van der Waals surface area contributed by atoms with E-state index < -0.39 is 33.0 Å². The van der Waals surface area contributed by atoms with E-state index in [1.165, 1.54) is 0 Å². The number of halogens is 8. The summed E-state index contributed by atoms with van der Waals surface area (Å²) in [5, 5.41) is 0. The summed E-state index contributed by atoms with van der Waals surface area (Å²) in [5.41, 5.74) is -10.9. The summed E-state index contributed by atoms with van der Waals surface area (Å²) in [4.78, 5) is 0. The molecule has 0 radical (unpaired) electrons. The third kappa shape index (κ3) is 2.03. The second-order valence-corrected chi connectivity index (χ2v) is 3.30. The van der Waals surface area contributed by atoms with Crippen LogP contribution in [0.15, 0.2) is 0 Å². The molecule has 0 aliphatic rings. The van der Waals surface area contributed by atoms with E-state index in [0.29, 0.717) is 0 Å². The molecular formula is C4H3F8P. The molecule has 0 saturated heterocycles. The highest BCUT2D eigenvalue weighted by Crippen LogP contribution is 2.64. The first-order valence-corrected chi connectivity index (χ1v) is 3.82. The zero-order chi connectivity index (χ0) is 11.1. The third-order valence-electron chi connectivity index (χ3n) is 1.31. The van der Waals surface area contributed by atoms with Crippen LogP contribution in [0.3, 0.4) is 0 Å². The van der Waals surface area contributed by atoms with Gasteiger partial charge in [-0.1, -0.05) is 0 Å². The Morgan fingerprint density at radius 1 is 0.846 bits per heavy atom. The van der Waals surface area contributed by atoms with Crippen molar-refractivity contribution >= 4 is 8.54 Å². The van der Waals surface area contributed by atoms with E-state index in [1.54, 1.807) is 0 Å². The topological polar surface area (TPSA) is 0 Å². The SMILES string of the molecule is CC(F)(C(F)(F)F)C(F)(F)P(F)F. The van der Waals surface area contributed by atoms with Crippen LogP contribution in [-0.4, -0.2) is 17.5 Å². The molecule has 0 amide bonds. The number of hydrogen-bond acceptors (Lipinski definition) is 0. The minimum atomic E-state index is -6.02. The molecule has 1 unspecified atom stereocenters. The zero-order valence-electron chi connectivity index (χ0n) is 5.97. The maximum Gasteiger partial charge on any atom is 0.428 e. The summed E-state index contributed by atoms with van der Waals surface area (Å²) in [6, 6.07) is 0. The van der Waals surface area contributed by atoms with E-state index in [0.717, 1.165) is 0 Å². The van der Waals surface area contributed by atoms with Gasteiger partial charge in [0.2, 0.25) is 0 Å². The van der Waals surface area contributed by atoms with Crippen LogP contribution in [0, 0.1) is 0 Å². The Hall–Kier alpha value is -0.130. The van der Waals surface area contributed by atoms with Gasteiger partial charge in [0, 0.05) is 0 Å². The minimum Gasteiger partial charge on any atom is -0.227 e. The van der Waals surface area contributed by atoms with Gasteiger partial charge in [-0.2, -0.15) is 30.3 Å². The second kappa shape index (κ2) is 3.22. The summed E-state index contributed by atoms with van der Waals surface area (Å²) in [6.45, 7) is -0.610. The number of alkyl halides is 6. The van der Waals surface area contributed by atoms with Crippen LogP contribution < -0.4 is 0 Å². The van der Waals surface area contributed by atoms with Crippen molar-refractivity contribution in [3.63, 3.8) is 0 Å². The fraction of sp³-hybridized carbons (Fsp3) is 1.00. The summed E-state index contributed by atoms with van der Waals surface area (Å²) < 4.78 is 93.7. The molecule has 0 nitrogen and oxygen atoms in total. The predicted molar refractivity (Wildman–Crippen MR) is 29.7 cm³/mol. The highest BCUT2D eigenvalue weighted by Gasteiger charge is 2.72. The lowest BCUT2D eigenvalue weighted by molar-refractivity contribution is -0.272. The largest absolute Gasteiger partial charge is 0.428 e. The molecular weight excluding hydrogens is 231 g/mol. The lowest BCUT2D eigenvalue weighted by atomic mass is 10.1. The Morgan fingerprint density at radius 3 is 1.23 bits per heavy atom. The quantitative estimate of drug-likeness (QED) is 0.498. The fourth-order valence-corrected chi connectivity index (χ4v) is 0.773. The Bertz CT molecular complexity index is 181. The van der Waals surface area contributed by atoms with Gasteiger partial charge in [-0.25, -0.2) is 4.39 Å². The van der Waals surface area contributed by atoms with Crippen molar-refractivity contribution in [3.8, 4) is 0 Å². The van der Waals surface area contributed by atoms with Crippen molar-refractivity contribution in [1.82, 2.24) is 0 Å². The highest BCUT2D eigenvalue weighted by molar-refractivity contribution is 7.47. The van der Waals surface area contributed by atoms with Gasteiger partial charge in [-0.15, -0.1) is 0 Å². The maximum absolute atomic E-state index is 12.3. The van der Waals surface area contributed by atoms with Crippen molar-refractivity contribution < 1.29 is 34.7 Å². The van der Waals surface area contributed by atoms with Crippen LogP contribution in [0.2, 0.25) is 0 Å². The Morgan fingerprint density at radius 2 is 1.15 bits per heavy atom. The molecule has 9 heteroatoms. The average molecular weight is 234 g/mol. The molecule has 0 rings (SSSR count). The van der Waals surface area contributed by atoms with Gasteiger partial charge in [0.25, 0.3) is 5.67 Å². The van der Waals surface area contributed by atoms with Gasteiger partial charge in [0.15, 0.2) is 0 Å². The molecule has 0 bridgehead atoms. The van der Waals surface area contributed by atoms with Gasteiger partial charge in [0.1, 0.15) is 0 Å². The lowest BCUT2D eigenvalue weighted by Crippen LogP contribution is -2.51. The molecule has 0 aromatic carbocycles. The minimum absolute atomic E-state index is 0.610. The summed E-state index contributed by atoms with van der Waals surface area (Å²) in [7, 11) is -5.32. The molecule has 0 heterocycles. The van der Waals surface area contributed by atoms with Crippen molar-refractivity contribution in [2.24, 2.45) is 0 Å². The van der Waals surface area contributed by atoms with Crippen LogP contribution in [0.25, 0.3) is 0 Å². The Balaban J connectivity index is 5.04. The van der Waals surface area contributed by atoms with Crippen LogP contribution >= 0.6 is 8.54 Å². The average Bonchev–Trinajstić information content (AvgIpc) is 1.84. The highest BCUT2D eigenvalue weighted by atomic mass is 31.2. The molecule has 0 aromatic rings. The van der Waals surface area contributed by atoms with E-state index in [9.17, 15) is 34.7 Å². The van der Waals surface area contributed by atoms with E-state index in [-0.39, 0.29) is 0 Å². The number of rotatable bonds is 2. The predicted octanol–water partition coefficient (Wildman–Crippen LogP) is 4.12. The van der Waals surface area contributed by atoms with Crippen molar-refractivity contribution in [2.75, 3.05) is 0 Å². The van der Waals surface area contributed by atoms with Crippen LogP contribution in [0.1, 0.15) is 6.92 Å². The van der Waals surface area contributed by atoms with E-state index in [2.05, 4.69) is 0 Å². The molecule has 80 valence electrons. The maximum atomic E-state index is 12.3. The van der Waals surface area contributed by atoms with Gasteiger partial charge in [-0.05, 0) is 6.92 Å². The van der Waals surface area contributed by atoms with Crippen LogP contribution in [0.5, 0.6) is 0 Å². The molecule has 1 atom stereocenters. The first kappa shape index (κ1) is 12.9. The molecule has 0 N–H and O–H groups in total. The summed E-state index contributed by atoms with van der Waals surface area (Å²) in [5.74, 6) is 0. The van der Waals surface area contributed by atoms with Crippen LogP contribution in [-0.2, 0) is 0 Å². The first-order chi connectivity index (χ1) is 5.44. The lowest BCUT2D eigenvalue weighted by Gasteiger charge is -2.30. The Labute approximate surface area is 68.9 Å². The van der Waals surface area contributed by atoms with Crippen molar-refractivity contribution in [3.05, 3.63) is 0 Å². The van der Waals surface area contributed by atoms with E-state index in [1.807, 2.05) is 0 Å². The molecule has 13 heavy (non-hydrogen) atoms. The molecule has 0 spiro atoms. The number of hydrogen-bond donors (Lipinski definition) is 0. The Kier molecular flexibility index (Phi) is 3.19. The van der Waals surface area contributed by atoms with Crippen LogP contribution in [0.4, 0.5) is 34.7 Å². The third-order valence-corrected chi connectivity index (χ3v) is 2.15. The summed E-state index contributed by atoms with van der Waals surface area (Å²) in [6.07, 6.45) is -6.02. The monoisotopic (exact) mass is 234 g/mol. The van der Waals surface area contributed by atoms with Gasteiger partial charge in [0.05, 0.1) is 0 Å². The smallest absolute Gasteiger partial charge is 0.227 e. The zero-order valence-corrected chi connectivity index (χ0v) is 6.87. The summed E-state index contributed by atoms with van der Waals surface area (Å²) >= 11 is 0. The van der Waals surface area contributed by atoms with Gasteiger partial charge in [-0.3, -0.25) is 0 Å². The molecule has 0 saturated carbocycles.